The molecule has 2 N–H and O–H groups in total. The van der Waals surface area contributed by atoms with Crippen molar-refractivity contribution in [1.82, 2.24) is 14.9 Å². The maximum absolute atomic E-state index is 9.07. The molecule has 5 rings (SSSR count). The van der Waals surface area contributed by atoms with Crippen molar-refractivity contribution in [3.63, 3.8) is 0 Å². The van der Waals surface area contributed by atoms with Crippen molar-refractivity contribution >= 4 is 11.5 Å². The number of aromatic nitrogens is 2. The van der Waals surface area contributed by atoms with Crippen molar-refractivity contribution in [2.75, 3.05) is 23.3 Å². The molecule has 0 spiro atoms. The molecule has 1 saturated heterocycles. The summed E-state index contributed by atoms with van der Waals surface area (Å²) in [5.74, 6) is 0.947. The second-order valence-corrected chi connectivity index (χ2v) is 9.24. The van der Waals surface area contributed by atoms with Gasteiger partial charge in [-0.05, 0) is 68.1 Å². The number of hydrogen-bond acceptors (Lipinski definition) is 5. The van der Waals surface area contributed by atoms with Gasteiger partial charge >= 0.3 is 0 Å². The molecule has 0 radical (unpaired) electrons. The maximum Gasteiger partial charge on any atom is 0.128 e. The Hall–Kier alpha value is -3.30. The minimum atomic E-state index is 0.386. The molecule has 1 saturated carbocycles. The topological polar surface area (TPSA) is 68.9 Å². The highest BCUT2D eigenvalue weighted by molar-refractivity contribution is 5.50. The minimum absolute atomic E-state index is 0.386. The van der Waals surface area contributed by atoms with Crippen molar-refractivity contribution in [3.05, 3.63) is 72.7 Å². The summed E-state index contributed by atoms with van der Waals surface area (Å²) in [6.45, 7) is 2.09. The van der Waals surface area contributed by atoms with Gasteiger partial charge in [0.25, 0.3) is 0 Å². The summed E-state index contributed by atoms with van der Waals surface area (Å²) in [7, 11) is 0. The number of rotatable bonds is 6. The molecule has 3 aromatic rings. The molecule has 0 bridgehead atoms. The van der Waals surface area contributed by atoms with E-state index in [-0.39, 0.29) is 0 Å². The zero-order valence-corrected chi connectivity index (χ0v) is 19.0. The van der Waals surface area contributed by atoms with E-state index in [0.717, 1.165) is 30.2 Å². The van der Waals surface area contributed by atoms with E-state index in [1.807, 2.05) is 36.5 Å². The van der Waals surface area contributed by atoms with Gasteiger partial charge in [0.05, 0.1) is 17.3 Å². The monoisotopic (exact) mass is 440 g/mol. The van der Waals surface area contributed by atoms with Crippen molar-refractivity contribution < 1.29 is 0 Å². The molecular formula is C27H32N6. The van der Waals surface area contributed by atoms with Crippen molar-refractivity contribution in [1.29, 1.82) is 5.26 Å². The normalized spacial score (nSPS) is 23.1. The predicted octanol–water partition coefficient (Wildman–Crippen LogP) is 4.73. The summed E-state index contributed by atoms with van der Waals surface area (Å²) >= 11 is 0. The Balaban J connectivity index is 1.23. The SMILES string of the molecule is N#Cc1ccc(N2CCC[C@H](N[C@@H]3CCCC[C@H]3Nc3cc(-n4cccc4)ccn3)C2)cc1. The molecule has 33 heavy (non-hydrogen) atoms. The average molecular weight is 441 g/mol. The quantitative estimate of drug-likeness (QED) is 0.580. The van der Waals surface area contributed by atoms with Crippen LogP contribution in [0.4, 0.5) is 11.5 Å². The average Bonchev–Trinajstić information content (AvgIpc) is 3.41. The summed E-state index contributed by atoms with van der Waals surface area (Å²) in [6.07, 6.45) is 13.3. The summed E-state index contributed by atoms with van der Waals surface area (Å²) in [4.78, 5) is 7.06. The summed E-state index contributed by atoms with van der Waals surface area (Å²) in [5, 5.41) is 16.8. The van der Waals surface area contributed by atoms with Gasteiger partial charge in [-0.3, -0.25) is 0 Å². The lowest BCUT2D eigenvalue weighted by molar-refractivity contribution is 0.293. The molecular weight excluding hydrogens is 408 g/mol. The van der Waals surface area contributed by atoms with Gasteiger partial charge in [-0.25, -0.2) is 4.98 Å². The molecule has 1 aliphatic carbocycles. The number of nitrogens with zero attached hydrogens (tertiary/aromatic N) is 4. The molecule has 170 valence electrons. The first-order valence-corrected chi connectivity index (χ1v) is 12.2. The molecule has 0 amide bonds. The molecule has 6 nitrogen and oxygen atoms in total. The van der Waals surface area contributed by atoms with Gasteiger partial charge in [-0.15, -0.1) is 0 Å². The van der Waals surface area contributed by atoms with E-state index in [2.05, 4.69) is 61.7 Å². The van der Waals surface area contributed by atoms with Crippen LogP contribution in [0.15, 0.2) is 67.1 Å². The van der Waals surface area contributed by atoms with Gasteiger partial charge in [-0.2, -0.15) is 5.26 Å². The number of nitrogens with one attached hydrogen (secondary N) is 2. The van der Waals surface area contributed by atoms with E-state index in [0.29, 0.717) is 18.1 Å². The standard InChI is InChI=1S/C27H32N6/c28-19-21-9-11-23(12-10-21)33-17-5-6-22(20-33)30-25-7-1-2-8-26(25)31-27-18-24(13-14-29-27)32-15-3-4-16-32/h3-4,9-16,18,22,25-26,30H,1-2,5-8,17,20H2,(H,29,31)/t22-,25+,26+/m0/s1. The van der Waals surface area contributed by atoms with Crippen LogP contribution in [0.1, 0.15) is 44.1 Å². The van der Waals surface area contributed by atoms with E-state index in [1.54, 1.807) is 0 Å². The molecule has 2 aromatic heterocycles. The third-order valence-electron chi connectivity index (χ3n) is 6.98. The van der Waals surface area contributed by atoms with Crippen molar-refractivity contribution in [2.24, 2.45) is 0 Å². The Morgan fingerprint density at radius 1 is 0.909 bits per heavy atom. The van der Waals surface area contributed by atoms with Crippen LogP contribution in [0.5, 0.6) is 0 Å². The van der Waals surface area contributed by atoms with E-state index in [9.17, 15) is 0 Å². The van der Waals surface area contributed by atoms with Gasteiger partial charge in [0, 0.05) is 61.6 Å². The predicted molar refractivity (Wildman–Crippen MR) is 133 cm³/mol. The highest BCUT2D eigenvalue weighted by atomic mass is 15.2. The van der Waals surface area contributed by atoms with E-state index in [4.69, 9.17) is 5.26 Å². The Bertz CT molecular complexity index is 1070. The zero-order chi connectivity index (χ0) is 22.5. The van der Waals surface area contributed by atoms with E-state index >= 15 is 0 Å². The first kappa shape index (κ1) is 21.5. The van der Waals surface area contributed by atoms with Crippen LogP contribution in [-0.2, 0) is 0 Å². The fourth-order valence-corrected chi connectivity index (χ4v) is 5.26. The Labute approximate surface area is 196 Å². The van der Waals surface area contributed by atoms with Crippen LogP contribution in [0.2, 0.25) is 0 Å². The van der Waals surface area contributed by atoms with Crippen LogP contribution in [-0.4, -0.2) is 40.8 Å². The largest absolute Gasteiger partial charge is 0.370 e. The van der Waals surface area contributed by atoms with Gasteiger partial charge < -0.3 is 20.1 Å². The van der Waals surface area contributed by atoms with Gasteiger partial charge in [0.1, 0.15) is 5.82 Å². The first-order valence-electron chi connectivity index (χ1n) is 12.2. The van der Waals surface area contributed by atoms with Gasteiger partial charge in [-0.1, -0.05) is 12.8 Å². The smallest absolute Gasteiger partial charge is 0.128 e. The minimum Gasteiger partial charge on any atom is -0.370 e. The highest BCUT2D eigenvalue weighted by Crippen LogP contribution is 2.26. The van der Waals surface area contributed by atoms with Crippen molar-refractivity contribution in [2.45, 2.75) is 56.7 Å². The molecule has 2 aliphatic rings. The number of pyridine rings is 1. The maximum atomic E-state index is 9.07. The summed E-state index contributed by atoms with van der Waals surface area (Å²) in [6, 6.07) is 19.8. The summed E-state index contributed by atoms with van der Waals surface area (Å²) < 4.78 is 2.11. The van der Waals surface area contributed by atoms with Crippen LogP contribution in [0.3, 0.4) is 0 Å². The Kier molecular flexibility index (Phi) is 6.59. The zero-order valence-electron chi connectivity index (χ0n) is 19.0. The molecule has 2 fully saturated rings. The third kappa shape index (κ3) is 5.20. The van der Waals surface area contributed by atoms with Gasteiger partial charge in [0.15, 0.2) is 0 Å². The lowest BCUT2D eigenvalue weighted by Crippen LogP contribution is -2.55. The molecule has 0 unspecified atom stereocenters. The number of anilines is 2. The third-order valence-corrected chi connectivity index (χ3v) is 6.98. The van der Waals surface area contributed by atoms with Crippen molar-refractivity contribution in [3.8, 4) is 11.8 Å². The molecule has 1 aromatic carbocycles. The van der Waals surface area contributed by atoms with Crippen LogP contribution in [0.25, 0.3) is 5.69 Å². The van der Waals surface area contributed by atoms with Gasteiger partial charge in [0.2, 0.25) is 0 Å². The van der Waals surface area contributed by atoms with Crippen LogP contribution >= 0.6 is 0 Å². The number of hydrogen-bond donors (Lipinski definition) is 2. The second-order valence-electron chi connectivity index (χ2n) is 9.24. The Morgan fingerprint density at radius 2 is 1.70 bits per heavy atom. The molecule has 3 atom stereocenters. The van der Waals surface area contributed by atoms with Crippen LogP contribution in [0, 0.1) is 11.3 Å². The lowest BCUT2D eigenvalue weighted by Gasteiger charge is -2.40. The van der Waals surface area contributed by atoms with Crippen LogP contribution < -0.4 is 15.5 Å². The van der Waals surface area contributed by atoms with E-state index < -0.39 is 0 Å². The molecule has 6 heteroatoms. The molecule has 3 heterocycles. The second kappa shape index (κ2) is 10.1. The number of piperidine rings is 1. The van der Waals surface area contributed by atoms with E-state index in [1.165, 1.54) is 44.2 Å². The lowest BCUT2D eigenvalue weighted by atomic mass is 9.89. The fraction of sp³-hybridized carbons (Fsp3) is 0.407. The fourth-order valence-electron chi connectivity index (χ4n) is 5.26. The Morgan fingerprint density at radius 3 is 2.48 bits per heavy atom. The highest BCUT2D eigenvalue weighted by Gasteiger charge is 2.29. The summed E-state index contributed by atoms with van der Waals surface area (Å²) in [5.41, 5.74) is 3.06. The molecule has 1 aliphatic heterocycles. The first-order chi connectivity index (χ1) is 16.3. The number of nitriles is 1. The number of benzene rings is 1.